The van der Waals surface area contributed by atoms with Crippen molar-refractivity contribution >= 4 is 34.4 Å². The van der Waals surface area contributed by atoms with Crippen LogP contribution in [0.4, 0.5) is 11.4 Å². The van der Waals surface area contributed by atoms with E-state index in [0.29, 0.717) is 29.8 Å². The zero-order valence-electron chi connectivity index (χ0n) is 18.1. The fraction of sp³-hybridized carbons (Fsp3) is 0.375. The van der Waals surface area contributed by atoms with Gasteiger partial charge in [0.15, 0.2) is 12.2 Å². The number of carbonyl (C=O) groups excluding carboxylic acids is 2. The van der Waals surface area contributed by atoms with Gasteiger partial charge in [0.25, 0.3) is 5.91 Å². The van der Waals surface area contributed by atoms with E-state index in [9.17, 15) is 14.4 Å². The van der Waals surface area contributed by atoms with Crippen LogP contribution in [0.1, 0.15) is 31.2 Å². The smallest absolute Gasteiger partial charge is 0.419 e. The van der Waals surface area contributed by atoms with Gasteiger partial charge in [-0.15, -0.1) is 0 Å². The molecule has 8 nitrogen and oxygen atoms in total. The van der Waals surface area contributed by atoms with Crippen molar-refractivity contribution in [3.8, 4) is 0 Å². The lowest BCUT2D eigenvalue weighted by Crippen LogP contribution is -2.22. The van der Waals surface area contributed by atoms with Crippen molar-refractivity contribution in [2.24, 2.45) is 0 Å². The Morgan fingerprint density at radius 2 is 1.91 bits per heavy atom. The first kappa shape index (κ1) is 21.7. The highest BCUT2D eigenvalue weighted by Crippen LogP contribution is 2.25. The molecule has 1 amide bonds. The van der Waals surface area contributed by atoms with Crippen molar-refractivity contribution in [2.75, 3.05) is 29.9 Å². The number of anilines is 2. The van der Waals surface area contributed by atoms with Crippen molar-refractivity contribution in [3.63, 3.8) is 0 Å². The number of aryl methyl sites for hydroxylation is 2. The number of esters is 1. The average Bonchev–Trinajstić information content (AvgIpc) is 3.42. The van der Waals surface area contributed by atoms with Crippen LogP contribution in [0, 0.1) is 6.92 Å². The largest absolute Gasteiger partial charge is 0.456 e. The Morgan fingerprint density at radius 1 is 1.12 bits per heavy atom. The molecular formula is C24H27N3O5. The molecule has 0 radical (unpaired) electrons. The van der Waals surface area contributed by atoms with E-state index in [1.807, 2.05) is 25.1 Å². The molecule has 2 heterocycles. The molecule has 0 aliphatic carbocycles. The summed E-state index contributed by atoms with van der Waals surface area (Å²) in [6, 6.07) is 13.1. The summed E-state index contributed by atoms with van der Waals surface area (Å²) in [7, 11) is 0. The van der Waals surface area contributed by atoms with Crippen LogP contribution in [0.2, 0.25) is 0 Å². The van der Waals surface area contributed by atoms with Gasteiger partial charge < -0.3 is 19.4 Å². The minimum atomic E-state index is -0.484. The molecule has 8 heteroatoms. The number of fused-ring (bicyclic) bond motifs is 1. The number of benzene rings is 2. The molecule has 0 bridgehead atoms. The standard InChI is InChI=1S/C24H27N3O5/c1-17-15-18(26-12-4-5-13-26)10-11-19(17)25-22(28)16-31-23(29)9-6-14-27-20-7-2-3-8-21(20)32-24(27)30/h2-3,7-8,10-11,15H,4-6,9,12-14,16H2,1H3,(H,25,28). The Morgan fingerprint density at radius 3 is 2.69 bits per heavy atom. The molecule has 32 heavy (non-hydrogen) atoms. The fourth-order valence-corrected chi connectivity index (χ4v) is 3.97. The highest BCUT2D eigenvalue weighted by molar-refractivity contribution is 5.93. The molecule has 0 atom stereocenters. The van der Waals surface area contributed by atoms with Gasteiger partial charge in [0.1, 0.15) is 0 Å². The van der Waals surface area contributed by atoms with Crippen molar-refractivity contribution < 1.29 is 18.7 Å². The monoisotopic (exact) mass is 437 g/mol. The minimum absolute atomic E-state index is 0.1000. The van der Waals surface area contributed by atoms with Gasteiger partial charge in [-0.1, -0.05) is 12.1 Å². The number of nitrogens with one attached hydrogen (secondary N) is 1. The number of aromatic nitrogens is 1. The van der Waals surface area contributed by atoms with Gasteiger partial charge in [0.05, 0.1) is 5.52 Å². The van der Waals surface area contributed by atoms with Crippen LogP contribution in [-0.2, 0) is 20.9 Å². The second-order valence-electron chi connectivity index (χ2n) is 7.99. The second kappa shape index (κ2) is 9.72. The highest BCUT2D eigenvalue weighted by Gasteiger charge is 2.15. The summed E-state index contributed by atoms with van der Waals surface area (Å²) in [5, 5.41) is 2.80. The van der Waals surface area contributed by atoms with Crippen LogP contribution < -0.4 is 16.0 Å². The molecule has 0 spiro atoms. The molecule has 4 rings (SSSR count). The topological polar surface area (TPSA) is 93.8 Å². The van der Waals surface area contributed by atoms with Gasteiger partial charge >= 0.3 is 11.7 Å². The lowest BCUT2D eigenvalue weighted by Gasteiger charge is -2.19. The molecule has 1 aliphatic heterocycles. The van der Waals surface area contributed by atoms with Gasteiger partial charge in [-0.25, -0.2) is 4.79 Å². The van der Waals surface area contributed by atoms with E-state index in [4.69, 9.17) is 9.15 Å². The van der Waals surface area contributed by atoms with Crippen molar-refractivity contribution in [2.45, 2.75) is 39.2 Å². The molecular weight excluding hydrogens is 410 g/mol. The van der Waals surface area contributed by atoms with Crippen LogP contribution in [0.25, 0.3) is 11.1 Å². The first-order valence-corrected chi connectivity index (χ1v) is 10.9. The van der Waals surface area contributed by atoms with Gasteiger partial charge in [0, 0.05) is 37.4 Å². The van der Waals surface area contributed by atoms with E-state index in [0.717, 1.165) is 24.3 Å². The zero-order valence-corrected chi connectivity index (χ0v) is 18.1. The molecule has 1 aliphatic rings. The number of nitrogens with zero attached hydrogens (tertiary/aromatic N) is 2. The first-order valence-electron chi connectivity index (χ1n) is 10.9. The zero-order chi connectivity index (χ0) is 22.5. The third kappa shape index (κ3) is 5.01. The van der Waals surface area contributed by atoms with Crippen LogP contribution in [0.3, 0.4) is 0 Å². The third-order valence-electron chi connectivity index (χ3n) is 5.66. The van der Waals surface area contributed by atoms with Crippen LogP contribution >= 0.6 is 0 Å². The second-order valence-corrected chi connectivity index (χ2v) is 7.99. The van der Waals surface area contributed by atoms with Gasteiger partial charge in [-0.3, -0.25) is 14.2 Å². The molecule has 168 valence electrons. The SMILES string of the molecule is Cc1cc(N2CCCC2)ccc1NC(=O)COC(=O)CCCn1c(=O)oc2ccccc21. The number of ether oxygens (including phenoxy) is 1. The third-order valence-corrected chi connectivity index (χ3v) is 5.66. The van der Waals surface area contributed by atoms with Gasteiger partial charge in [-0.2, -0.15) is 0 Å². The number of para-hydroxylation sites is 2. The fourth-order valence-electron chi connectivity index (χ4n) is 3.97. The van der Waals surface area contributed by atoms with Crippen LogP contribution in [-0.4, -0.2) is 36.1 Å². The summed E-state index contributed by atoms with van der Waals surface area (Å²) >= 11 is 0. The molecule has 1 aromatic heterocycles. The number of oxazole rings is 1. The highest BCUT2D eigenvalue weighted by atomic mass is 16.5. The number of hydrogen-bond acceptors (Lipinski definition) is 6. The maximum Gasteiger partial charge on any atom is 0.419 e. The summed E-state index contributed by atoms with van der Waals surface area (Å²) in [4.78, 5) is 38.5. The summed E-state index contributed by atoms with van der Waals surface area (Å²) in [6.07, 6.45) is 2.92. The maximum atomic E-state index is 12.2. The number of amides is 1. The quantitative estimate of drug-likeness (QED) is 0.543. The summed E-state index contributed by atoms with van der Waals surface area (Å²) in [5.41, 5.74) is 4.04. The Kier molecular flexibility index (Phi) is 6.58. The summed E-state index contributed by atoms with van der Waals surface area (Å²) in [6.45, 7) is 4.06. The Bertz CT molecular complexity index is 1170. The maximum absolute atomic E-state index is 12.2. The van der Waals surface area contributed by atoms with Crippen molar-refractivity contribution in [1.82, 2.24) is 4.57 Å². The number of hydrogen-bond donors (Lipinski definition) is 1. The van der Waals surface area contributed by atoms with E-state index in [1.165, 1.54) is 17.4 Å². The molecule has 2 aromatic carbocycles. The van der Waals surface area contributed by atoms with E-state index >= 15 is 0 Å². The normalized spacial score (nSPS) is 13.5. The minimum Gasteiger partial charge on any atom is -0.456 e. The number of rotatable bonds is 8. The lowest BCUT2D eigenvalue weighted by molar-refractivity contribution is -0.147. The molecule has 1 saturated heterocycles. The van der Waals surface area contributed by atoms with E-state index < -0.39 is 11.7 Å². The Hall–Kier alpha value is -3.55. The van der Waals surface area contributed by atoms with E-state index in [2.05, 4.69) is 16.3 Å². The van der Waals surface area contributed by atoms with Crippen molar-refractivity contribution in [3.05, 3.63) is 58.6 Å². The Labute approximate surface area is 185 Å². The summed E-state index contributed by atoms with van der Waals surface area (Å²) < 4.78 is 11.8. The lowest BCUT2D eigenvalue weighted by atomic mass is 10.1. The molecule has 1 fully saturated rings. The van der Waals surface area contributed by atoms with Crippen LogP contribution in [0.5, 0.6) is 0 Å². The predicted octanol–water partition coefficient (Wildman–Crippen LogP) is 3.47. The van der Waals surface area contributed by atoms with Crippen molar-refractivity contribution in [1.29, 1.82) is 0 Å². The molecule has 0 saturated carbocycles. The Balaban J connectivity index is 1.22. The summed E-state index contributed by atoms with van der Waals surface area (Å²) in [5.74, 6) is -1.32. The van der Waals surface area contributed by atoms with Gasteiger partial charge in [0.2, 0.25) is 0 Å². The van der Waals surface area contributed by atoms with Crippen LogP contribution in [0.15, 0.2) is 51.7 Å². The molecule has 3 aromatic rings. The molecule has 0 unspecified atom stereocenters. The van der Waals surface area contributed by atoms with E-state index in [1.54, 1.807) is 18.2 Å². The number of carbonyl (C=O) groups is 2. The predicted molar refractivity (Wildman–Crippen MR) is 122 cm³/mol. The average molecular weight is 437 g/mol. The van der Waals surface area contributed by atoms with E-state index in [-0.39, 0.29) is 18.9 Å². The molecule has 1 N–H and O–H groups in total. The van der Waals surface area contributed by atoms with Gasteiger partial charge in [-0.05, 0) is 62.1 Å². The first-order chi connectivity index (χ1) is 15.5.